The summed E-state index contributed by atoms with van der Waals surface area (Å²) in [6, 6.07) is 13.9. The van der Waals surface area contributed by atoms with Crippen molar-refractivity contribution in [3.05, 3.63) is 90.0 Å². The Hall–Kier alpha value is -3.87. The Bertz CT molecular complexity index is 1070. The van der Waals surface area contributed by atoms with Crippen LogP contribution in [0.5, 0.6) is 0 Å². The fraction of sp³-hybridized carbons (Fsp3) is 0.240. The largest absolute Gasteiger partial charge is 0.335 e. The molecule has 162 valence electrons. The molecule has 4 rings (SSSR count). The van der Waals surface area contributed by atoms with E-state index < -0.39 is 23.3 Å². The first-order chi connectivity index (χ1) is 15.5. The number of barbiturate groups is 1. The van der Waals surface area contributed by atoms with Crippen molar-refractivity contribution in [1.29, 1.82) is 0 Å². The van der Waals surface area contributed by atoms with E-state index in [-0.39, 0.29) is 12.8 Å². The van der Waals surface area contributed by atoms with Gasteiger partial charge in [-0.05, 0) is 80.1 Å². The van der Waals surface area contributed by atoms with Crippen LogP contribution in [0.15, 0.2) is 73.3 Å². The van der Waals surface area contributed by atoms with Crippen LogP contribution in [-0.4, -0.2) is 27.8 Å². The molecule has 0 unspecified atom stereocenters. The standard InChI is InChI=1S/C25H24N4O3/c1-18-2-4-21(5-3-18)29-23(31)25(22(30)28-24(29)32,12-6-19-8-14-26-15-9-19)13-7-20-10-16-27-17-11-20/h2-5,8-11,14-17H,6-7,12-13H2,1H3,(H,28,30,32). The number of aryl methyl sites for hydroxylation is 3. The molecular weight excluding hydrogens is 404 g/mol. The van der Waals surface area contributed by atoms with Gasteiger partial charge in [0.25, 0.3) is 5.91 Å². The Labute approximate surface area is 186 Å². The number of anilines is 1. The minimum Gasteiger partial charge on any atom is -0.276 e. The number of imide groups is 2. The summed E-state index contributed by atoms with van der Waals surface area (Å²) >= 11 is 0. The van der Waals surface area contributed by atoms with E-state index in [2.05, 4.69) is 15.3 Å². The predicted molar refractivity (Wildman–Crippen MR) is 120 cm³/mol. The van der Waals surface area contributed by atoms with Crippen LogP contribution in [0.4, 0.5) is 10.5 Å². The monoisotopic (exact) mass is 428 g/mol. The Kier molecular flexibility index (Phi) is 6.07. The van der Waals surface area contributed by atoms with Crippen LogP contribution in [0.25, 0.3) is 0 Å². The van der Waals surface area contributed by atoms with Crippen molar-refractivity contribution in [2.75, 3.05) is 4.90 Å². The number of amides is 4. The molecule has 32 heavy (non-hydrogen) atoms. The van der Waals surface area contributed by atoms with Crippen LogP contribution >= 0.6 is 0 Å². The summed E-state index contributed by atoms with van der Waals surface area (Å²) in [6.45, 7) is 1.93. The molecule has 7 nitrogen and oxygen atoms in total. The summed E-state index contributed by atoms with van der Waals surface area (Å²) in [5.41, 5.74) is 2.04. The lowest BCUT2D eigenvalue weighted by Gasteiger charge is -2.39. The van der Waals surface area contributed by atoms with Crippen LogP contribution in [0.3, 0.4) is 0 Å². The van der Waals surface area contributed by atoms with E-state index in [1.807, 2.05) is 43.3 Å². The molecule has 4 amide bonds. The van der Waals surface area contributed by atoms with Crippen molar-refractivity contribution in [3.8, 4) is 0 Å². The van der Waals surface area contributed by atoms with Gasteiger partial charge in [-0.2, -0.15) is 0 Å². The van der Waals surface area contributed by atoms with Gasteiger partial charge in [-0.25, -0.2) is 9.69 Å². The highest BCUT2D eigenvalue weighted by Crippen LogP contribution is 2.37. The second kappa shape index (κ2) is 9.09. The van der Waals surface area contributed by atoms with Gasteiger partial charge in [0.05, 0.1) is 5.69 Å². The van der Waals surface area contributed by atoms with Crippen LogP contribution in [0.2, 0.25) is 0 Å². The maximum Gasteiger partial charge on any atom is 0.335 e. The highest BCUT2D eigenvalue weighted by molar-refractivity contribution is 6.29. The smallest absolute Gasteiger partial charge is 0.276 e. The fourth-order valence-electron chi connectivity index (χ4n) is 3.98. The van der Waals surface area contributed by atoms with E-state index in [9.17, 15) is 14.4 Å². The second-order valence-electron chi connectivity index (χ2n) is 8.03. The van der Waals surface area contributed by atoms with Gasteiger partial charge in [-0.15, -0.1) is 0 Å². The van der Waals surface area contributed by atoms with Gasteiger partial charge in [0, 0.05) is 24.8 Å². The highest BCUT2D eigenvalue weighted by Gasteiger charge is 2.53. The van der Waals surface area contributed by atoms with Crippen molar-refractivity contribution in [2.24, 2.45) is 5.41 Å². The number of hydrogen-bond acceptors (Lipinski definition) is 5. The summed E-state index contributed by atoms with van der Waals surface area (Å²) in [4.78, 5) is 48.9. The zero-order valence-corrected chi connectivity index (χ0v) is 17.8. The van der Waals surface area contributed by atoms with E-state index >= 15 is 0 Å². The number of nitrogens with one attached hydrogen (secondary N) is 1. The summed E-state index contributed by atoms with van der Waals surface area (Å²) < 4.78 is 0. The zero-order valence-electron chi connectivity index (χ0n) is 17.8. The van der Waals surface area contributed by atoms with Crippen molar-refractivity contribution in [3.63, 3.8) is 0 Å². The van der Waals surface area contributed by atoms with E-state index in [0.29, 0.717) is 18.5 Å². The van der Waals surface area contributed by atoms with Gasteiger partial charge in [-0.1, -0.05) is 17.7 Å². The minimum atomic E-state index is -1.37. The van der Waals surface area contributed by atoms with E-state index in [1.165, 1.54) is 0 Å². The van der Waals surface area contributed by atoms with Crippen LogP contribution < -0.4 is 10.2 Å². The second-order valence-corrected chi connectivity index (χ2v) is 8.03. The van der Waals surface area contributed by atoms with Crippen molar-refractivity contribution in [2.45, 2.75) is 32.6 Å². The fourth-order valence-corrected chi connectivity index (χ4v) is 3.98. The molecule has 0 spiro atoms. The highest BCUT2D eigenvalue weighted by atomic mass is 16.2. The van der Waals surface area contributed by atoms with Gasteiger partial charge in [0.1, 0.15) is 5.41 Å². The molecule has 1 aliphatic heterocycles. The molecule has 1 N–H and O–H groups in total. The molecular formula is C25H24N4O3. The quantitative estimate of drug-likeness (QED) is 0.580. The molecule has 3 aromatic rings. The predicted octanol–water partition coefficient (Wildman–Crippen LogP) is 3.62. The number of nitrogens with zero attached hydrogens (tertiary/aromatic N) is 3. The molecule has 7 heteroatoms. The zero-order chi connectivity index (χ0) is 22.6. The Morgan fingerprint density at radius 2 is 1.28 bits per heavy atom. The average Bonchev–Trinajstić information content (AvgIpc) is 2.81. The number of aromatic nitrogens is 2. The maximum absolute atomic E-state index is 13.8. The lowest BCUT2D eigenvalue weighted by Crippen LogP contribution is -2.64. The molecule has 0 bridgehead atoms. The van der Waals surface area contributed by atoms with Gasteiger partial charge in [0.15, 0.2) is 0 Å². The third-order valence-electron chi connectivity index (χ3n) is 5.94. The summed E-state index contributed by atoms with van der Waals surface area (Å²) in [5.74, 6) is -1.03. The number of carbonyl (C=O) groups is 3. The van der Waals surface area contributed by atoms with E-state index in [0.717, 1.165) is 21.6 Å². The van der Waals surface area contributed by atoms with Crippen LogP contribution in [-0.2, 0) is 22.4 Å². The van der Waals surface area contributed by atoms with E-state index in [4.69, 9.17) is 0 Å². The number of urea groups is 1. The van der Waals surface area contributed by atoms with Crippen molar-refractivity contribution >= 4 is 23.5 Å². The summed E-state index contributed by atoms with van der Waals surface area (Å²) in [7, 11) is 0. The molecule has 0 saturated carbocycles. The first kappa shape index (κ1) is 21.4. The summed E-state index contributed by atoms with van der Waals surface area (Å²) in [5, 5.41) is 2.44. The molecule has 1 saturated heterocycles. The van der Waals surface area contributed by atoms with Crippen molar-refractivity contribution in [1.82, 2.24) is 15.3 Å². The summed E-state index contributed by atoms with van der Waals surface area (Å²) in [6.07, 6.45) is 8.31. The molecule has 0 radical (unpaired) electrons. The van der Waals surface area contributed by atoms with Gasteiger partial charge in [-0.3, -0.25) is 24.9 Å². The molecule has 0 aliphatic carbocycles. The average molecular weight is 428 g/mol. The topological polar surface area (TPSA) is 92.3 Å². The number of benzene rings is 1. The number of pyridine rings is 2. The Balaban J connectivity index is 1.69. The van der Waals surface area contributed by atoms with Gasteiger partial charge in [0.2, 0.25) is 5.91 Å². The third kappa shape index (κ3) is 4.27. The van der Waals surface area contributed by atoms with Crippen LogP contribution in [0, 0.1) is 12.3 Å². The number of carbonyl (C=O) groups excluding carboxylic acids is 3. The lowest BCUT2D eigenvalue weighted by atomic mass is 9.74. The number of rotatable bonds is 7. The molecule has 1 aromatic carbocycles. The first-order valence-corrected chi connectivity index (χ1v) is 10.5. The Morgan fingerprint density at radius 3 is 1.78 bits per heavy atom. The molecule has 1 fully saturated rings. The molecule has 2 aromatic heterocycles. The molecule has 1 aliphatic rings. The third-order valence-corrected chi connectivity index (χ3v) is 5.94. The van der Waals surface area contributed by atoms with Gasteiger partial charge >= 0.3 is 6.03 Å². The Morgan fingerprint density at radius 1 is 0.781 bits per heavy atom. The normalized spacial score (nSPS) is 15.5. The minimum absolute atomic E-state index is 0.280. The van der Waals surface area contributed by atoms with E-state index in [1.54, 1.807) is 36.9 Å². The maximum atomic E-state index is 13.8. The molecule has 3 heterocycles. The lowest BCUT2D eigenvalue weighted by molar-refractivity contribution is -0.143. The SMILES string of the molecule is Cc1ccc(N2C(=O)NC(=O)C(CCc3ccncc3)(CCc3ccncc3)C2=O)cc1. The first-order valence-electron chi connectivity index (χ1n) is 10.5. The van der Waals surface area contributed by atoms with Crippen molar-refractivity contribution < 1.29 is 14.4 Å². The van der Waals surface area contributed by atoms with Gasteiger partial charge < -0.3 is 0 Å². The molecule has 0 atom stereocenters. The van der Waals surface area contributed by atoms with Crippen LogP contribution in [0.1, 0.15) is 29.5 Å². The number of hydrogen-bond donors (Lipinski definition) is 1.